The molecule has 0 aliphatic carbocycles. The Morgan fingerprint density at radius 1 is 1.69 bits per heavy atom. The number of anilines is 1. The summed E-state index contributed by atoms with van der Waals surface area (Å²) >= 11 is 0. The smallest absolute Gasteiger partial charge is 0.163 e. The molecule has 1 unspecified atom stereocenters. The molecule has 1 aliphatic heterocycles. The molecule has 16 heavy (non-hydrogen) atoms. The van der Waals surface area contributed by atoms with Crippen molar-refractivity contribution in [1.29, 1.82) is 0 Å². The van der Waals surface area contributed by atoms with Crippen LogP contribution < -0.4 is 4.90 Å². The summed E-state index contributed by atoms with van der Waals surface area (Å²) in [4.78, 5) is 17.8. The Labute approximate surface area is 94.9 Å². The van der Waals surface area contributed by atoms with Crippen molar-refractivity contribution in [2.75, 3.05) is 18.1 Å². The van der Waals surface area contributed by atoms with Crippen molar-refractivity contribution in [3.8, 4) is 0 Å². The Hall–Kier alpha value is -1.42. The van der Waals surface area contributed by atoms with E-state index in [0.717, 1.165) is 19.4 Å². The maximum Gasteiger partial charge on any atom is 0.163 e. The van der Waals surface area contributed by atoms with Crippen LogP contribution in [0.1, 0.15) is 30.1 Å². The molecule has 86 valence electrons. The standard InChI is InChI=1S/C12H16N2O2/c1-9(16)11-5-2-6-13-12(11)14-7-3-4-10(14)8-15/h2,5-6,10,15H,3-4,7-8H2,1H3. The fraction of sp³-hybridized carbons (Fsp3) is 0.500. The number of carbonyl (C=O) groups excluding carboxylic acids is 1. The highest BCUT2D eigenvalue weighted by Gasteiger charge is 2.27. The molecule has 0 aromatic carbocycles. The van der Waals surface area contributed by atoms with Gasteiger partial charge in [-0.15, -0.1) is 0 Å². The Kier molecular flexibility index (Phi) is 3.19. The maximum absolute atomic E-state index is 11.5. The van der Waals surface area contributed by atoms with E-state index in [2.05, 4.69) is 4.98 Å². The number of nitrogens with zero attached hydrogens (tertiary/aromatic N) is 2. The third-order valence-electron chi connectivity index (χ3n) is 3.03. The Bertz CT molecular complexity index is 392. The second kappa shape index (κ2) is 4.61. The van der Waals surface area contributed by atoms with E-state index in [1.54, 1.807) is 25.3 Å². The Morgan fingerprint density at radius 2 is 2.50 bits per heavy atom. The summed E-state index contributed by atoms with van der Waals surface area (Å²) in [5.41, 5.74) is 0.642. The van der Waals surface area contributed by atoms with Gasteiger partial charge in [0.1, 0.15) is 5.82 Å². The minimum atomic E-state index is 0.0201. The van der Waals surface area contributed by atoms with Crippen molar-refractivity contribution in [2.24, 2.45) is 0 Å². The van der Waals surface area contributed by atoms with Gasteiger partial charge in [0.2, 0.25) is 0 Å². The maximum atomic E-state index is 11.5. The summed E-state index contributed by atoms with van der Waals surface area (Å²) < 4.78 is 0. The molecule has 0 bridgehead atoms. The van der Waals surface area contributed by atoms with Gasteiger partial charge in [-0.3, -0.25) is 4.79 Å². The molecule has 0 spiro atoms. The molecule has 4 heteroatoms. The van der Waals surface area contributed by atoms with E-state index in [4.69, 9.17) is 0 Å². The van der Waals surface area contributed by atoms with E-state index in [1.165, 1.54) is 0 Å². The first kappa shape index (κ1) is 11.1. The van der Waals surface area contributed by atoms with Crippen molar-refractivity contribution < 1.29 is 9.90 Å². The number of hydrogen-bond donors (Lipinski definition) is 1. The SMILES string of the molecule is CC(=O)c1cccnc1N1CCCC1CO. The first-order valence-corrected chi connectivity index (χ1v) is 5.57. The van der Waals surface area contributed by atoms with Crippen LogP contribution in [0.4, 0.5) is 5.82 Å². The number of aliphatic hydroxyl groups excluding tert-OH is 1. The van der Waals surface area contributed by atoms with Gasteiger partial charge in [0.15, 0.2) is 5.78 Å². The molecule has 1 aliphatic rings. The predicted molar refractivity (Wildman–Crippen MR) is 61.7 cm³/mol. The highest BCUT2D eigenvalue weighted by Crippen LogP contribution is 2.26. The summed E-state index contributed by atoms with van der Waals surface area (Å²) in [5, 5.41) is 9.27. The van der Waals surface area contributed by atoms with Crippen LogP contribution >= 0.6 is 0 Å². The average molecular weight is 220 g/mol. The summed E-state index contributed by atoms with van der Waals surface area (Å²) in [6.07, 6.45) is 3.69. The molecule has 2 rings (SSSR count). The number of hydrogen-bond acceptors (Lipinski definition) is 4. The highest BCUT2D eigenvalue weighted by molar-refractivity contribution is 5.98. The molecule has 2 heterocycles. The average Bonchev–Trinajstić information content (AvgIpc) is 2.76. The number of aromatic nitrogens is 1. The lowest BCUT2D eigenvalue weighted by atomic mass is 10.1. The fourth-order valence-electron chi connectivity index (χ4n) is 2.20. The number of ketones is 1. The van der Waals surface area contributed by atoms with E-state index < -0.39 is 0 Å². The number of rotatable bonds is 3. The lowest BCUT2D eigenvalue weighted by Gasteiger charge is -2.25. The third kappa shape index (κ3) is 1.93. The molecule has 1 aromatic heterocycles. The van der Waals surface area contributed by atoms with Crippen LogP contribution in [-0.4, -0.2) is 35.1 Å². The Morgan fingerprint density at radius 3 is 3.19 bits per heavy atom. The molecule has 1 saturated heterocycles. The quantitative estimate of drug-likeness (QED) is 0.779. The van der Waals surface area contributed by atoms with Gasteiger partial charge in [0, 0.05) is 12.7 Å². The Balaban J connectivity index is 2.35. The van der Waals surface area contributed by atoms with E-state index in [0.29, 0.717) is 11.4 Å². The molecular formula is C12H16N2O2. The van der Waals surface area contributed by atoms with E-state index in [-0.39, 0.29) is 18.4 Å². The zero-order valence-corrected chi connectivity index (χ0v) is 9.39. The van der Waals surface area contributed by atoms with Crippen LogP contribution in [0, 0.1) is 0 Å². The van der Waals surface area contributed by atoms with Gasteiger partial charge in [-0.25, -0.2) is 4.98 Å². The summed E-state index contributed by atoms with van der Waals surface area (Å²) in [6.45, 7) is 2.53. The lowest BCUT2D eigenvalue weighted by Crippen LogP contribution is -2.33. The van der Waals surface area contributed by atoms with Gasteiger partial charge < -0.3 is 10.0 Å². The number of pyridine rings is 1. The van der Waals surface area contributed by atoms with Gasteiger partial charge in [0.25, 0.3) is 0 Å². The van der Waals surface area contributed by atoms with Gasteiger partial charge in [0.05, 0.1) is 18.2 Å². The molecule has 1 aromatic rings. The fourth-order valence-corrected chi connectivity index (χ4v) is 2.20. The van der Waals surface area contributed by atoms with E-state index in [9.17, 15) is 9.90 Å². The molecule has 1 fully saturated rings. The first-order chi connectivity index (χ1) is 7.74. The zero-order chi connectivity index (χ0) is 11.5. The number of aliphatic hydroxyl groups is 1. The lowest BCUT2D eigenvalue weighted by molar-refractivity contribution is 0.101. The van der Waals surface area contributed by atoms with E-state index in [1.807, 2.05) is 4.90 Å². The number of Topliss-reactive ketones (excluding diaryl/α,β-unsaturated/α-hetero) is 1. The van der Waals surface area contributed by atoms with Crippen molar-refractivity contribution in [2.45, 2.75) is 25.8 Å². The summed E-state index contributed by atoms with van der Waals surface area (Å²) in [6, 6.07) is 3.66. The first-order valence-electron chi connectivity index (χ1n) is 5.57. The second-order valence-electron chi connectivity index (χ2n) is 4.10. The van der Waals surface area contributed by atoms with Crippen LogP contribution in [0.5, 0.6) is 0 Å². The van der Waals surface area contributed by atoms with E-state index >= 15 is 0 Å². The largest absolute Gasteiger partial charge is 0.394 e. The summed E-state index contributed by atoms with van der Waals surface area (Å²) in [5.74, 6) is 0.734. The van der Waals surface area contributed by atoms with Crippen molar-refractivity contribution in [1.82, 2.24) is 4.98 Å². The van der Waals surface area contributed by atoms with Crippen molar-refractivity contribution in [3.63, 3.8) is 0 Å². The minimum absolute atomic E-state index is 0.0201. The second-order valence-corrected chi connectivity index (χ2v) is 4.10. The summed E-state index contributed by atoms with van der Waals surface area (Å²) in [7, 11) is 0. The highest BCUT2D eigenvalue weighted by atomic mass is 16.3. The third-order valence-corrected chi connectivity index (χ3v) is 3.03. The normalized spacial score (nSPS) is 20.1. The van der Waals surface area contributed by atoms with Crippen LogP contribution in [0.2, 0.25) is 0 Å². The molecule has 1 N–H and O–H groups in total. The van der Waals surface area contributed by atoms with Crippen molar-refractivity contribution >= 4 is 11.6 Å². The molecule has 0 radical (unpaired) electrons. The molecule has 1 atom stereocenters. The van der Waals surface area contributed by atoms with Gasteiger partial charge in [-0.2, -0.15) is 0 Å². The minimum Gasteiger partial charge on any atom is -0.394 e. The molecular weight excluding hydrogens is 204 g/mol. The van der Waals surface area contributed by atoms with Gasteiger partial charge in [-0.05, 0) is 31.9 Å². The van der Waals surface area contributed by atoms with Gasteiger partial charge in [-0.1, -0.05) is 0 Å². The zero-order valence-electron chi connectivity index (χ0n) is 9.39. The monoisotopic (exact) mass is 220 g/mol. The van der Waals surface area contributed by atoms with Crippen LogP contribution in [0.15, 0.2) is 18.3 Å². The topological polar surface area (TPSA) is 53.4 Å². The van der Waals surface area contributed by atoms with Crippen molar-refractivity contribution in [3.05, 3.63) is 23.9 Å². The molecule has 0 saturated carbocycles. The number of carbonyl (C=O) groups is 1. The van der Waals surface area contributed by atoms with Crippen LogP contribution in [0.25, 0.3) is 0 Å². The van der Waals surface area contributed by atoms with Crippen LogP contribution in [0.3, 0.4) is 0 Å². The molecule has 0 amide bonds. The van der Waals surface area contributed by atoms with Gasteiger partial charge >= 0.3 is 0 Å². The van der Waals surface area contributed by atoms with Crippen LogP contribution in [-0.2, 0) is 0 Å². The molecule has 4 nitrogen and oxygen atoms in total. The predicted octanol–water partition coefficient (Wildman–Crippen LogP) is 1.25.